The van der Waals surface area contributed by atoms with Gasteiger partial charge in [-0.1, -0.05) is 6.92 Å². The summed E-state index contributed by atoms with van der Waals surface area (Å²) in [5.74, 6) is 0. The molecule has 1 heterocycles. The molecule has 4 nitrogen and oxygen atoms in total. The van der Waals surface area contributed by atoms with Gasteiger partial charge in [-0.3, -0.25) is 0 Å². The smallest absolute Gasteiger partial charge is 1.00 e. The fourth-order valence-corrected chi connectivity index (χ4v) is 1.96. The van der Waals surface area contributed by atoms with Crippen LogP contribution in [0.2, 0.25) is 0 Å². The van der Waals surface area contributed by atoms with Crippen LogP contribution in [-0.4, -0.2) is 87.7 Å². The maximum Gasteiger partial charge on any atom is 4.00 e. The van der Waals surface area contributed by atoms with Crippen molar-refractivity contribution in [3.63, 3.8) is 0 Å². The maximum absolute atomic E-state index is 4.68. The Balaban J connectivity index is -0.000000320. The second-order valence-corrected chi connectivity index (χ2v) is 5.12. The van der Waals surface area contributed by atoms with Crippen LogP contribution in [0.3, 0.4) is 0 Å². The van der Waals surface area contributed by atoms with E-state index in [0.717, 1.165) is 45.8 Å². The van der Waals surface area contributed by atoms with E-state index in [9.17, 15) is 0 Å². The molecule has 0 radical (unpaired) electrons. The molecule has 20 heavy (non-hydrogen) atoms. The molecule has 0 bridgehead atoms. The summed E-state index contributed by atoms with van der Waals surface area (Å²) in [7, 11) is 6.59. The van der Waals surface area contributed by atoms with E-state index < -0.39 is 0 Å². The minimum absolute atomic E-state index is 0. The first-order chi connectivity index (χ1) is 7.58. The first-order valence-corrected chi connectivity index (χ1v) is 6.30. The van der Waals surface area contributed by atoms with Crippen LogP contribution in [-0.2, 0) is 21.7 Å². The molecule has 0 aliphatic carbocycles. The van der Waals surface area contributed by atoms with Crippen LogP contribution in [0.25, 0.3) is 5.32 Å². The van der Waals surface area contributed by atoms with Crippen molar-refractivity contribution in [1.82, 2.24) is 14.7 Å². The summed E-state index contributed by atoms with van der Waals surface area (Å²) >= 11 is 0. The summed E-state index contributed by atoms with van der Waals surface area (Å²) in [5, 5.41) is 4.68. The van der Waals surface area contributed by atoms with E-state index in [0.29, 0.717) is 6.04 Å². The Morgan fingerprint density at radius 1 is 0.750 bits per heavy atom. The molecule has 1 fully saturated rings. The predicted octanol–water partition coefficient (Wildman–Crippen LogP) is -8.43. The Labute approximate surface area is 158 Å². The van der Waals surface area contributed by atoms with Gasteiger partial charge in [-0.2, -0.15) is 0 Å². The average Bonchev–Trinajstić information content (AvgIpc) is 2.22. The molecule has 1 saturated heterocycles. The van der Waals surface area contributed by atoms with Crippen molar-refractivity contribution in [1.29, 1.82) is 0 Å². The largest absolute Gasteiger partial charge is 4.00 e. The maximum atomic E-state index is 4.68. The fourth-order valence-electron chi connectivity index (χ4n) is 1.96. The van der Waals surface area contributed by atoms with E-state index in [2.05, 4.69) is 48.1 Å². The van der Waals surface area contributed by atoms with E-state index in [4.69, 9.17) is 0 Å². The molecule has 120 valence electrons. The first kappa shape index (κ1) is 29.4. The van der Waals surface area contributed by atoms with Crippen LogP contribution in [0.15, 0.2) is 0 Å². The summed E-state index contributed by atoms with van der Waals surface area (Å²) in [6.07, 6.45) is 0. The molecular formula is C12H27Cl3N4Ti. The molecule has 8 heteroatoms. The number of hydrogen-bond donors (Lipinski definition) is 0. The third-order valence-corrected chi connectivity index (χ3v) is 3.23. The van der Waals surface area contributed by atoms with Gasteiger partial charge in [0, 0.05) is 26.2 Å². The summed E-state index contributed by atoms with van der Waals surface area (Å²) in [5.41, 5.74) is 0. The van der Waals surface area contributed by atoms with E-state index in [1.54, 1.807) is 0 Å². The monoisotopic (exact) mass is 380 g/mol. The van der Waals surface area contributed by atoms with Crippen LogP contribution in [0.4, 0.5) is 0 Å². The van der Waals surface area contributed by atoms with Crippen LogP contribution in [0.1, 0.15) is 6.92 Å². The summed E-state index contributed by atoms with van der Waals surface area (Å²) in [6, 6.07) is 0.461. The molecule has 0 spiro atoms. The minimum Gasteiger partial charge on any atom is -1.00 e. The van der Waals surface area contributed by atoms with Gasteiger partial charge in [-0.05, 0) is 34.2 Å². The Bertz CT molecular complexity index is 204. The molecule has 0 saturated carbocycles. The average molecular weight is 382 g/mol. The Hall–Kier alpha value is 1.42. The number of likely N-dealkylation sites (N-methyl/N-ethyl adjacent to an activating group) is 3. The van der Waals surface area contributed by atoms with Crippen molar-refractivity contribution in [3.05, 3.63) is 5.32 Å². The van der Waals surface area contributed by atoms with Crippen molar-refractivity contribution < 1.29 is 58.9 Å². The van der Waals surface area contributed by atoms with Crippen LogP contribution < -0.4 is 37.2 Å². The molecule has 1 aliphatic rings. The number of rotatable bonds is 0. The van der Waals surface area contributed by atoms with E-state index in [1.807, 2.05) is 0 Å². The van der Waals surface area contributed by atoms with Crippen molar-refractivity contribution in [3.8, 4) is 0 Å². The fraction of sp³-hybridized carbons (Fsp3) is 1.00. The molecule has 0 aromatic heterocycles. The van der Waals surface area contributed by atoms with Gasteiger partial charge in [-0.25, -0.2) is 0 Å². The van der Waals surface area contributed by atoms with Gasteiger partial charge in [0.05, 0.1) is 0 Å². The zero-order chi connectivity index (χ0) is 12.0. The zero-order valence-corrected chi connectivity index (χ0v) is 16.8. The van der Waals surface area contributed by atoms with Crippen molar-refractivity contribution in [2.24, 2.45) is 0 Å². The normalized spacial score (nSPS) is 23.7. The molecular weight excluding hydrogens is 354 g/mol. The van der Waals surface area contributed by atoms with Crippen molar-refractivity contribution in [2.45, 2.75) is 13.0 Å². The Kier molecular flexibility index (Phi) is 24.7. The molecule has 1 unspecified atom stereocenters. The Morgan fingerprint density at radius 3 is 1.65 bits per heavy atom. The van der Waals surface area contributed by atoms with Crippen LogP contribution >= 0.6 is 0 Å². The van der Waals surface area contributed by atoms with Gasteiger partial charge in [0.25, 0.3) is 0 Å². The molecule has 0 aromatic rings. The van der Waals surface area contributed by atoms with E-state index >= 15 is 0 Å². The van der Waals surface area contributed by atoms with Gasteiger partial charge in [-0.15, -0.1) is 12.6 Å². The summed E-state index contributed by atoms with van der Waals surface area (Å²) < 4.78 is 0. The third-order valence-electron chi connectivity index (χ3n) is 3.23. The van der Waals surface area contributed by atoms with E-state index in [1.165, 1.54) is 0 Å². The van der Waals surface area contributed by atoms with Crippen LogP contribution in [0, 0.1) is 0 Å². The minimum atomic E-state index is 0. The second-order valence-electron chi connectivity index (χ2n) is 5.12. The molecule has 1 rings (SSSR count). The molecule has 1 aliphatic heterocycles. The molecule has 0 amide bonds. The summed E-state index contributed by atoms with van der Waals surface area (Å²) in [6.45, 7) is 9.93. The van der Waals surface area contributed by atoms with Crippen LogP contribution in [0.5, 0.6) is 0 Å². The molecule has 0 N–H and O–H groups in total. The zero-order valence-electron chi connectivity index (χ0n) is 12.9. The standard InChI is InChI=1S/C12H27N4.3ClH.Ti/c1-12-11-16(4)10-9-15(3)8-7-14(2)6-5-13-12;;;;/h12H,5-11H2,1-4H3;3*1H;/q-1;;;;+4/p-3. The quantitative estimate of drug-likeness (QED) is 0.390. The van der Waals surface area contributed by atoms with Gasteiger partial charge in [0.1, 0.15) is 0 Å². The summed E-state index contributed by atoms with van der Waals surface area (Å²) in [4.78, 5) is 7.17. The first-order valence-electron chi connectivity index (χ1n) is 6.30. The SMILES string of the molecule is CC1CN(C)CCN(C)CCN(C)CC[N-]1.[Cl-].[Cl-].[Cl-].[Ti+4]. The topological polar surface area (TPSA) is 23.8 Å². The molecule has 1 atom stereocenters. The Morgan fingerprint density at radius 2 is 1.15 bits per heavy atom. The predicted molar refractivity (Wildman–Crippen MR) is 70.2 cm³/mol. The van der Waals surface area contributed by atoms with Gasteiger partial charge in [0.2, 0.25) is 0 Å². The second kappa shape index (κ2) is 16.8. The van der Waals surface area contributed by atoms with Gasteiger partial charge in [0.15, 0.2) is 0 Å². The van der Waals surface area contributed by atoms with Gasteiger partial charge < -0.3 is 57.2 Å². The van der Waals surface area contributed by atoms with E-state index in [-0.39, 0.29) is 58.9 Å². The number of halogens is 3. The molecule has 0 aromatic carbocycles. The third kappa shape index (κ3) is 14.4. The van der Waals surface area contributed by atoms with Gasteiger partial charge >= 0.3 is 21.7 Å². The van der Waals surface area contributed by atoms with Crippen molar-refractivity contribution in [2.75, 3.05) is 67.0 Å². The number of hydrogen-bond acceptors (Lipinski definition) is 3. The van der Waals surface area contributed by atoms with Crippen molar-refractivity contribution >= 4 is 0 Å². The number of nitrogens with zero attached hydrogens (tertiary/aromatic N) is 4.